The first kappa shape index (κ1) is 11.1. The van der Waals surface area contributed by atoms with Crippen LogP contribution in [0.5, 0.6) is 0 Å². The van der Waals surface area contributed by atoms with Crippen molar-refractivity contribution in [3.8, 4) is 0 Å². The Morgan fingerprint density at radius 1 is 1.64 bits per heavy atom. The number of hydrogen-bond donors (Lipinski definition) is 1. The Kier molecular flexibility index (Phi) is 3.60. The van der Waals surface area contributed by atoms with E-state index in [2.05, 4.69) is 15.9 Å². The quantitative estimate of drug-likeness (QED) is 0.668. The average molecular weight is 259 g/mol. The summed E-state index contributed by atoms with van der Waals surface area (Å²) in [6.45, 7) is 1.87. The number of nitro benzene ring substituents is 1. The van der Waals surface area contributed by atoms with Gasteiger partial charge in [-0.05, 0) is 40.9 Å². The molecule has 1 atom stereocenters. The molecule has 4 nitrogen and oxygen atoms in total. The molecule has 0 saturated heterocycles. The number of benzene rings is 1. The number of rotatable bonds is 3. The predicted octanol–water partition coefficient (Wildman–Crippen LogP) is 2.25. The molecule has 0 aliphatic rings. The van der Waals surface area contributed by atoms with E-state index >= 15 is 0 Å². The molecule has 0 aromatic heterocycles. The number of hydrogen-bond acceptors (Lipinski definition) is 3. The second-order valence-electron chi connectivity index (χ2n) is 3.22. The van der Waals surface area contributed by atoms with Crippen LogP contribution in [0.25, 0.3) is 0 Å². The lowest BCUT2D eigenvalue weighted by atomic mass is 10.1. The molecule has 1 aromatic carbocycles. The van der Waals surface area contributed by atoms with Crippen molar-refractivity contribution in [2.75, 3.05) is 0 Å². The smallest absolute Gasteiger partial charge is 0.283 e. The summed E-state index contributed by atoms with van der Waals surface area (Å²) in [7, 11) is 0. The molecule has 1 rings (SSSR count). The molecule has 0 bridgehead atoms. The summed E-state index contributed by atoms with van der Waals surface area (Å²) in [5.74, 6) is 0. The fourth-order valence-corrected chi connectivity index (χ4v) is 1.59. The van der Waals surface area contributed by atoms with Gasteiger partial charge in [-0.2, -0.15) is 0 Å². The molecule has 0 heterocycles. The van der Waals surface area contributed by atoms with Gasteiger partial charge < -0.3 is 5.73 Å². The summed E-state index contributed by atoms with van der Waals surface area (Å²) < 4.78 is 0.496. The van der Waals surface area contributed by atoms with Gasteiger partial charge in [0.1, 0.15) is 0 Å². The molecule has 76 valence electrons. The van der Waals surface area contributed by atoms with Crippen LogP contribution in [0.1, 0.15) is 12.5 Å². The highest BCUT2D eigenvalue weighted by Crippen LogP contribution is 2.25. The van der Waals surface area contributed by atoms with Crippen LogP contribution in [0.15, 0.2) is 22.7 Å². The first-order valence-electron chi connectivity index (χ1n) is 4.19. The summed E-state index contributed by atoms with van der Waals surface area (Å²) in [6, 6.07) is 5.07. The van der Waals surface area contributed by atoms with Gasteiger partial charge in [0.05, 0.1) is 9.40 Å². The van der Waals surface area contributed by atoms with Crippen molar-refractivity contribution in [2.24, 2.45) is 5.73 Å². The Bertz CT molecular complexity index is 353. The van der Waals surface area contributed by atoms with Gasteiger partial charge >= 0.3 is 0 Å². The first-order chi connectivity index (χ1) is 6.50. The Morgan fingerprint density at radius 3 is 2.79 bits per heavy atom. The lowest BCUT2D eigenvalue weighted by Crippen LogP contribution is -2.17. The fourth-order valence-electron chi connectivity index (χ4n) is 1.20. The molecule has 0 radical (unpaired) electrons. The van der Waals surface area contributed by atoms with Crippen LogP contribution in [-0.2, 0) is 6.42 Å². The van der Waals surface area contributed by atoms with Crippen molar-refractivity contribution < 1.29 is 4.92 Å². The molecule has 0 aliphatic carbocycles. The van der Waals surface area contributed by atoms with Crippen LogP contribution >= 0.6 is 15.9 Å². The molecule has 0 saturated carbocycles. The molecule has 0 spiro atoms. The van der Waals surface area contributed by atoms with Gasteiger partial charge in [-0.15, -0.1) is 0 Å². The third kappa shape index (κ3) is 2.78. The Labute approximate surface area is 90.4 Å². The zero-order valence-corrected chi connectivity index (χ0v) is 9.32. The number of nitro groups is 1. The van der Waals surface area contributed by atoms with Crippen molar-refractivity contribution in [3.05, 3.63) is 38.3 Å². The van der Waals surface area contributed by atoms with Gasteiger partial charge in [-0.25, -0.2) is 0 Å². The van der Waals surface area contributed by atoms with Crippen LogP contribution < -0.4 is 5.73 Å². The van der Waals surface area contributed by atoms with E-state index < -0.39 is 4.92 Å². The van der Waals surface area contributed by atoms with E-state index in [1.165, 1.54) is 0 Å². The second-order valence-corrected chi connectivity index (χ2v) is 4.08. The van der Waals surface area contributed by atoms with Crippen molar-refractivity contribution >= 4 is 21.6 Å². The molecule has 2 N–H and O–H groups in total. The Hall–Kier alpha value is -0.940. The average Bonchev–Trinajstić information content (AvgIpc) is 2.07. The minimum Gasteiger partial charge on any atom is -0.328 e. The molecule has 0 amide bonds. The minimum absolute atomic E-state index is 0.00998. The maximum Gasteiger partial charge on any atom is 0.283 e. The SMILES string of the molecule is C[C@@H](N)Cc1ccc(Br)c([N+](=O)[O-])c1. The minimum atomic E-state index is -0.408. The van der Waals surface area contributed by atoms with E-state index in [-0.39, 0.29) is 11.7 Å². The fraction of sp³-hybridized carbons (Fsp3) is 0.333. The molecule has 0 unspecified atom stereocenters. The van der Waals surface area contributed by atoms with Crippen molar-refractivity contribution in [3.63, 3.8) is 0 Å². The summed E-state index contributed by atoms with van der Waals surface area (Å²) in [5, 5.41) is 10.6. The van der Waals surface area contributed by atoms with E-state index in [0.29, 0.717) is 10.9 Å². The zero-order valence-electron chi connectivity index (χ0n) is 7.74. The summed E-state index contributed by atoms with van der Waals surface area (Å²) in [6.07, 6.45) is 0.647. The third-order valence-electron chi connectivity index (χ3n) is 1.76. The molecule has 1 aromatic rings. The van der Waals surface area contributed by atoms with E-state index in [1.54, 1.807) is 12.1 Å². The summed E-state index contributed by atoms with van der Waals surface area (Å²) >= 11 is 3.12. The molecular weight excluding hydrogens is 248 g/mol. The molecule has 14 heavy (non-hydrogen) atoms. The zero-order chi connectivity index (χ0) is 10.7. The van der Waals surface area contributed by atoms with Gasteiger partial charge in [0.15, 0.2) is 0 Å². The number of nitrogens with two attached hydrogens (primary N) is 1. The van der Waals surface area contributed by atoms with E-state index in [1.807, 2.05) is 13.0 Å². The van der Waals surface area contributed by atoms with Crippen LogP contribution in [0.3, 0.4) is 0 Å². The van der Waals surface area contributed by atoms with Crippen LogP contribution in [0.4, 0.5) is 5.69 Å². The highest BCUT2D eigenvalue weighted by Gasteiger charge is 2.12. The highest BCUT2D eigenvalue weighted by molar-refractivity contribution is 9.10. The normalized spacial score (nSPS) is 12.5. The monoisotopic (exact) mass is 258 g/mol. The molecule has 0 fully saturated rings. The molecule has 0 aliphatic heterocycles. The van der Waals surface area contributed by atoms with Crippen molar-refractivity contribution in [1.82, 2.24) is 0 Å². The van der Waals surface area contributed by atoms with Crippen LogP contribution in [0.2, 0.25) is 0 Å². The largest absolute Gasteiger partial charge is 0.328 e. The topological polar surface area (TPSA) is 69.2 Å². The van der Waals surface area contributed by atoms with Crippen LogP contribution in [0, 0.1) is 10.1 Å². The van der Waals surface area contributed by atoms with Gasteiger partial charge in [0.2, 0.25) is 0 Å². The standard InChI is InChI=1S/C9H11BrN2O2/c1-6(11)4-7-2-3-8(10)9(5-7)12(13)14/h2-3,5-6H,4,11H2,1H3/t6-/m1/s1. The van der Waals surface area contributed by atoms with Gasteiger partial charge in [-0.3, -0.25) is 10.1 Å². The lowest BCUT2D eigenvalue weighted by molar-refractivity contribution is -0.385. The van der Waals surface area contributed by atoms with Gasteiger partial charge in [-0.1, -0.05) is 6.07 Å². The predicted molar refractivity (Wildman–Crippen MR) is 58.1 cm³/mol. The second kappa shape index (κ2) is 4.52. The maximum atomic E-state index is 10.6. The highest BCUT2D eigenvalue weighted by atomic mass is 79.9. The van der Waals surface area contributed by atoms with Crippen LogP contribution in [-0.4, -0.2) is 11.0 Å². The van der Waals surface area contributed by atoms with E-state index in [4.69, 9.17) is 5.73 Å². The molecule has 5 heteroatoms. The molecular formula is C9H11BrN2O2. The number of nitrogens with zero attached hydrogens (tertiary/aromatic N) is 1. The lowest BCUT2D eigenvalue weighted by Gasteiger charge is -2.05. The number of halogens is 1. The van der Waals surface area contributed by atoms with E-state index in [9.17, 15) is 10.1 Å². The Balaban J connectivity index is 3.00. The van der Waals surface area contributed by atoms with Crippen molar-refractivity contribution in [2.45, 2.75) is 19.4 Å². The summed E-state index contributed by atoms with van der Waals surface area (Å²) in [4.78, 5) is 10.2. The van der Waals surface area contributed by atoms with Crippen molar-refractivity contribution in [1.29, 1.82) is 0 Å². The maximum absolute atomic E-state index is 10.6. The first-order valence-corrected chi connectivity index (χ1v) is 4.98. The van der Waals surface area contributed by atoms with E-state index in [0.717, 1.165) is 5.56 Å². The summed E-state index contributed by atoms with van der Waals surface area (Å²) in [5.41, 5.74) is 6.58. The Morgan fingerprint density at radius 2 is 2.29 bits per heavy atom. The van der Waals surface area contributed by atoms with Gasteiger partial charge in [0, 0.05) is 12.1 Å². The van der Waals surface area contributed by atoms with Gasteiger partial charge in [0.25, 0.3) is 5.69 Å². The third-order valence-corrected chi connectivity index (χ3v) is 2.44.